The second kappa shape index (κ2) is 6.24. The Kier molecular flexibility index (Phi) is 5.25. The van der Waals surface area contributed by atoms with Crippen molar-refractivity contribution in [2.24, 2.45) is 5.92 Å². The van der Waals surface area contributed by atoms with Crippen LogP contribution in [0.15, 0.2) is 16.6 Å². The van der Waals surface area contributed by atoms with Gasteiger partial charge in [-0.15, -0.1) is 0 Å². The molecule has 1 atom stereocenters. The van der Waals surface area contributed by atoms with Gasteiger partial charge in [-0.2, -0.15) is 0 Å². The van der Waals surface area contributed by atoms with Gasteiger partial charge in [0.25, 0.3) is 0 Å². The molecule has 0 radical (unpaired) electrons. The first-order valence-electron chi connectivity index (χ1n) is 6.00. The van der Waals surface area contributed by atoms with E-state index in [2.05, 4.69) is 42.0 Å². The van der Waals surface area contributed by atoms with Crippen LogP contribution >= 0.6 is 15.9 Å². The van der Waals surface area contributed by atoms with Gasteiger partial charge in [0.2, 0.25) is 0 Å². The van der Waals surface area contributed by atoms with Crippen molar-refractivity contribution in [3.05, 3.63) is 22.4 Å². The molecule has 0 heterocycles. The van der Waals surface area contributed by atoms with Crippen LogP contribution < -0.4 is 11.1 Å². The van der Waals surface area contributed by atoms with Gasteiger partial charge in [0, 0.05) is 12.1 Å². The molecular formula is C13H20BrFN2. The van der Waals surface area contributed by atoms with Gasteiger partial charge < -0.3 is 11.1 Å². The Morgan fingerprint density at radius 3 is 2.47 bits per heavy atom. The van der Waals surface area contributed by atoms with Crippen molar-refractivity contribution in [2.45, 2.75) is 39.7 Å². The molecule has 0 aromatic heterocycles. The number of hydrogen-bond acceptors (Lipinski definition) is 2. The van der Waals surface area contributed by atoms with E-state index in [1.807, 2.05) is 0 Å². The summed E-state index contributed by atoms with van der Waals surface area (Å²) in [5, 5.41) is 3.29. The highest BCUT2D eigenvalue weighted by Crippen LogP contribution is 2.28. The molecule has 0 saturated heterocycles. The van der Waals surface area contributed by atoms with Gasteiger partial charge in [-0.1, -0.05) is 26.7 Å². The second-order valence-electron chi connectivity index (χ2n) is 4.36. The number of hydrogen-bond donors (Lipinski definition) is 2. The van der Waals surface area contributed by atoms with Crippen molar-refractivity contribution >= 4 is 27.3 Å². The van der Waals surface area contributed by atoms with Crippen molar-refractivity contribution in [1.82, 2.24) is 0 Å². The maximum absolute atomic E-state index is 13.4. The molecule has 1 aromatic carbocycles. The quantitative estimate of drug-likeness (QED) is 0.791. The van der Waals surface area contributed by atoms with Crippen LogP contribution in [0.3, 0.4) is 0 Å². The number of halogens is 2. The van der Waals surface area contributed by atoms with E-state index in [-0.39, 0.29) is 11.9 Å². The highest BCUT2D eigenvalue weighted by Gasteiger charge is 2.15. The molecule has 3 N–H and O–H groups in total. The number of nitrogens with one attached hydrogen (secondary N) is 1. The zero-order valence-electron chi connectivity index (χ0n) is 10.6. The number of anilines is 2. The summed E-state index contributed by atoms with van der Waals surface area (Å²) in [6.45, 7) is 6.44. The van der Waals surface area contributed by atoms with Crippen LogP contribution in [0, 0.1) is 11.7 Å². The van der Waals surface area contributed by atoms with E-state index in [9.17, 15) is 4.39 Å². The van der Waals surface area contributed by atoms with E-state index >= 15 is 0 Å². The lowest BCUT2D eigenvalue weighted by atomic mass is 9.95. The Morgan fingerprint density at radius 2 is 1.94 bits per heavy atom. The normalized spacial score (nSPS) is 12.8. The molecule has 1 rings (SSSR count). The molecule has 0 bridgehead atoms. The number of nitrogen functional groups attached to an aromatic ring is 1. The predicted octanol–water partition coefficient (Wildman–Crippen LogP) is 4.41. The Morgan fingerprint density at radius 1 is 1.35 bits per heavy atom. The average molecular weight is 303 g/mol. The minimum absolute atomic E-state index is 0.285. The van der Waals surface area contributed by atoms with Gasteiger partial charge in [-0.25, -0.2) is 4.39 Å². The minimum atomic E-state index is -0.293. The van der Waals surface area contributed by atoms with Crippen molar-refractivity contribution in [3.8, 4) is 0 Å². The van der Waals surface area contributed by atoms with E-state index in [0.29, 0.717) is 21.8 Å². The highest BCUT2D eigenvalue weighted by atomic mass is 79.9. The monoisotopic (exact) mass is 302 g/mol. The first kappa shape index (κ1) is 14.3. The molecule has 0 fully saturated rings. The molecular weight excluding hydrogens is 283 g/mol. The summed E-state index contributed by atoms with van der Waals surface area (Å²) < 4.78 is 13.8. The standard InChI is InChI=1S/C13H20BrFN2/c1-4-9(5-2)8(3)17-13-7-11(15)10(14)6-12(13)16/h6-9,17H,4-5,16H2,1-3H3. The smallest absolute Gasteiger partial charge is 0.139 e. The van der Waals surface area contributed by atoms with Crippen LogP contribution in [-0.2, 0) is 0 Å². The van der Waals surface area contributed by atoms with Gasteiger partial charge in [0.1, 0.15) is 5.82 Å². The molecule has 0 aliphatic rings. The van der Waals surface area contributed by atoms with Crippen LogP contribution in [0.5, 0.6) is 0 Å². The summed E-state index contributed by atoms with van der Waals surface area (Å²) in [6.07, 6.45) is 2.20. The van der Waals surface area contributed by atoms with Crippen molar-refractivity contribution < 1.29 is 4.39 Å². The molecule has 1 aromatic rings. The molecule has 4 heteroatoms. The fourth-order valence-corrected chi connectivity index (χ4v) is 2.41. The highest BCUT2D eigenvalue weighted by molar-refractivity contribution is 9.10. The third-order valence-corrected chi connectivity index (χ3v) is 3.84. The van der Waals surface area contributed by atoms with E-state index in [1.54, 1.807) is 6.07 Å². The maximum Gasteiger partial charge on any atom is 0.139 e. The zero-order valence-corrected chi connectivity index (χ0v) is 12.1. The van der Waals surface area contributed by atoms with Crippen molar-refractivity contribution in [1.29, 1.82) is 0 Å². The third kappa shape index (κ3) is 3.60. The number of rotatable bonds is 5. The van der Waals surface area contributed by atoms with Gasteiger partial charge in [-0.3, -0.25) is 0 Å². The molecule has 96 valence electrons. The first-order valence-corrected chi connectivity index (χ1v) is 6.79. The van der Waals surface area contributed by atoms with Crippen LogP contribution in [0.1, 0.15) is 33.6 Å². The van der Waals surface area contributed by atoms with Crippen molar-refractivity contribution in [2.75, 3.05) is 11.1 Å². The lowest BCUT2D eigenvalue weighted by Crippen LogP contribution is -2.25. The molecule has 0 aliphatic carbocycles. The summed E-state index contributed by atoms with van der Waals surface area (Å²) in [7, 11) is 0. The average Bonchev–Trinajstić information content (AvgIpc) is 2.27. The SMILES string of the molecule is CCC(CC)C(C)Nc1cc(F)c(Br)cc1N. The summed E-state index contributed by atoms with van der Waals surface area (Å²) in [4.78, 5) is 0. The lowest BCUT2D eigenvalue weighted by Gasteiger charge is -2.24. The lowest BCUT2D eigenvalue weighted by molar-refractivity contribution is 0.438. The summed E-state index contributed by atoms with van der Waals surface area (Å²) in [6, 6.07) is 3.32. The molecule has 1 unspecified atom stereocenters. The molecule has 0 saturated carbocycles. The third-order valence-electron chi connectivity index (χ3n) is 3.23. The van der Waals surface area contributed by atoms with Gasteiger partial charge >= 0.3 is 0 Å². The Balaban J connectivity index is 2.84. The van der Waals surface area contributed by atoms with Gasteiger partial charge in [0.05, 0.1) is 15.8 Å². The molecule has 0 amide bonds. The molecule has 0 aliphatic heterocycles. The van der Waals surface area contributed by atoms with Crippen LogP contribution in [-0.4, -0.2) is 6.04 Å². The minimum Gasteiger partial charge on any atom is -0.397 e. The largest absolute Gasteiger partial charge is 0.397 e. The van der Waals surface area contributed by atoms with Crippen LogP contribution in [0.2, 0.25) is 0 Å². The van der Waals surface area contributed by atoms with Gasteiger partial charge in [0.15, 0.2) is 0 Å². The second-order valence-corrected chi connectivity index (χ2v) is 5.22. The van der Waals surface area contributed by atoms with E-state index in [0.717, 1.165) is 12.8 Å². The number of nitrogens with two attached hydrogens (primary N) is 1. The zero-order chi connectivity index (χ0) is 13.0. The summed E-state index contributed by atoms with van der Waals surface area (Å²) in [5.41, 5.74) is 7.10. The van der Waals surface area contributed by atoms with Gasteiger partial charge in [-0.05, 0) is 34.8 Å². The summed E-state index contributed by atoms with van der Waals surface area (Å²) >= 11 is 3.12. The molecule has 2 nitrogen and oxygen atoms in total. The maximum atomic E-state index is 13.4. The molecule has 0 spiro atoms. The van der Waals surface area contributed by atoms with E-state index in [1.165, 1.54) is 6.07 Å². The Labute approximate surface area is 111 Å². The van der Waals surface area contributed by atoms with Crippen molar-refractivity contribution in [3.63, 3.8) is 0 Å². The molecule has 17 heavy (non-hydrogen) atoms. The topological polar surface area (TPSA) is 38.0 Å². The summed E-state index contributed by atoms with van der Waals surface area (Å²) in [5.74, 6) is 0.277. The van der Waals surface area contributed by atoms with E-state index < -0.39 is 0 Å². The Bertz CT molecular complexity index is 378. The van der Waals surface area contributed by atoms with Crippen LogP contribution in [0.25, 0.3) is 0 Å². The first-order chi connectivity index (χ1) is 7.99. The van der Waals surface area contributed by atoms with Crippen LogP contribution in [0.4, 0.5) is 15.8 Å². The fraction of sp³-hybridized carbons (Fsp3) is 0.538. The Hall–Kier alpha value is -0.770. The predicted molar refractivity (Wildman–Crippen MR) is 75.7 cm³/mol. The fourth-order valence-electron chi connectivity index (χ4n) is 2.05. The van der Waals surface area contributed by atoms with E-state index in [4.69, 9.17) is 5.73 Å². The number of benzene rings is 1.